The predicted octanol–water partition coefficient (Wildman–Crippen LogP) is 5.70. The molecule has 0 saturated heterocycles. The van der Waals surface area contributed by atoms with Gasteiger partial charge in [-0.1, -0.05) is 56.4 Å². The maximum atomic E-state index is 6.15. The Labute approximate surface area is 137 Å². The molecule has 0 saturated carbocycles. The van der Waals surface area contributed by atoms with E-state index in [9.17, 15) is 0 Å². The van der Waals surface area contributed by atoms with Gasteiger partial charge in [0.15, 0.2) is 8.32 Å². The number of hydrogen-bond donors (Lipinski definition) is 0. The second kappa shape index (κ2) is 8.36. The number of rotatable bonds is 5. The molecule has 0 atom stereocenters. The van der Waals surface area contributed by atoms with Crippen LogP contribution >= 0.6 is 0 Å². The zero-order valence-corrected chi connectivity index (χ0v) is 16.0. The molecule has 1 aromatic carbocycles. The van der Waals surface area contributed by atoms with E-state index in [1.165, 1.54) is 5.56 Å². The van der Waals surface area contributed by atoms with Crippen molar-refractivity contribution in [2.24, 2.45) is 0 Å². The first kappa shape index (κ1) is 18.7. The zero-order valence-electron chi connectivity index (χ0n) is 15.0. The van der Waals surface area contributed by atoms with E-state index >= 15 is 0 Å². The average molecular weight is 315 g/mol. The van der Waals surface area contributed by atoms with Gasteiger partial charge in [0.25, 0.3) is 0 Å². The number of allylic oxidation sites excluding steroid dienone is 2. The molecule has 1 rings (SSSR count). The van der Waals surface area contributed by atoms with E-state index in [1.54, 1.807) is 0 Å². The van der Waals surface area contributed by atoms with Crippen LogP contribution in [0.25, 0.3) is 0 Å². The monoisotopic (exact) mass is 314 g/mol. The van der Waals surface area contributed by atoms with Crippen molar-refractivity contribution in [2.45, 2.75) is 58.7 Å². The predicted molar refractivity (Wildman–Crippen MR) is 99.6 cm³/mol. The Balaban J connectivity index is 2.27. The van der Waals surface area contributed by atoms with Crippen LogP contribution in [0.4, 0.5) is 0 Å². The van der Waals surface area contributed by atoms with Crippen LogP contribution in [0.2, 0.25) is 18.1 Å². The summed E-state index contributed by atoms with van der Waals surface area (Å²) in [5, 5.41) is 0.294. The van der Waals surface area contributed by atoms with Gasteiger partial charge in [-0.3, -0.25) is 0 Å². The fourth-order valence-corrected chi connectivity index (χ4v) is 2.74. The summed E-state index contributed by atoms with van der Waals surface area (Å²) in [5.41, 5.74) is 2.33. The van der Waals surface area contributed by atoms with Crippen LogP contribution in [0.3, 0.4) is 0 Å². The third-order valence-electron chi connectivity index (χ3n) is 4.25. The number of benzene rings is 1. The lowest BCUT2D eigenvalue weighted by atomic mass is 10.1. The molecule has 0 aliphatic rings. The summed E-state index contributed by atoms with van der Waals surface area (Å²) < 4.78 is 6.15. The molecule has 2 heteroatoms. The van der Waals surface area contributed by atoms with Crippen LogP contribution in [0.1, 0.15) is 44.7 Å². The smallest absolute Gasteiger partial charge is 0.191 e. The summed E-state index contributed by atoms with van der Waals surface area (Å²) in [7, 11) is -1.58. The van der Waals surface area contributed by atoms with Crippen LogP contribution in [-0.2, 0) is 4.43 Å². The molecular formula is C20H30OSi. The van der Waals surface area contributed by atoms with Crippen LogP contribution in [0, 0.1) is 18.8 Å². The molecule has 0 heterocycles. The van der Waals surface area contributed by atoms with Gasteiger partial charge in [-0.2, -0.15) is 0 Å². The highest BCUT2D eigenvalue weighted by molar-refractivity contribution is 6.74. The first-order valence-corrected chi connectivity index (χ1v) is 11.0. The molecule has 0 aliphatic heterocycles. The van der Waals surface area contributed by atoms with Gasteiger partial charge in [0, 0.05) is 12.2 Å². The Morgan fingerprint density at radius 1 is 1.14 bits per heavy atom. The van der Waals surface area contributed by atoms with Crippen molar-refractivity contribution in [1.29, 1.82) is 0 Å². The molecule has 0 spiro atoms. The molecule has 22 heavy (non-hydrogen) atoms. The Hall–Kier alpha value is -1.30. The summed E-state index contributed by atoms with van der Waals surface area (Å²) in [4.78, 5) is 0. The van der Waals surface area contributed by atoms with E-state index in [0.29, 0.717) is 5.04 Å². The Kier molecular flexibility index (Phi) is 7.12. The van der Waals surface area contributed by atoms with Crippen molar-refractivity contribution in [3.8, 4) is 11.8 Å². The standard InChI is InChI=1S/C20H30OSi/c1-18-13-15-19(16-14-18)12-10-8-7-9-11-17-21-22(5,6)20(2,3)4/h7-8,13-16H,9,11,17H2,1-6H3/b8-7+. The maximum Gasteiger partial charge on any atom is 0.191 e. The topological polar surface area (TPSA) is 9.23 Å². The minimum atomic E-state index is -1.58. The third-order valence-corrected chi connectivity index (χ3v) is 8.79. The normalized spacial score (nSPS) is 12.3. The summed E-state index contributed by atoms with van der Waals surface area (Å²) in [6.07, 6.45) is 6.18. The highest BCUT2D eigenvalue weighted by Crippen LogP contribution is 2.36. The summed E-state index contributed by atoms with van der Waals surface area (Å²) >= 11 is 0. The molecule has 1 aromatic rings. The quantitative estimate of drug-likeness (QED) is 0.384. The van der Waals surface area contributed by atoms with Gasteiger partial charge in [0.2, 0.25) is 0 Å². The highest BCUT2D eigenvalue weighted by atomic mass is 28.4. The fraction of sp³-hybridized carbons (Fsp3) is 0.500. The van der Waals surface area contributed by atoms with Crippen molar-refractivity contribution in [1.82, 2.24) is 0 Å². The summed E-state index contributed by atoms with van der Waals surface area (Å²) in [5.74, 6) is 6.24. The van der Waals surface area contributed by atoms with Crippen molar-refractivity contribution >= 4 is 8.32 Å². The molecule has 0 unspecified atom stereocenters. The lowest BCUT2D eigenvalue weighted by molar-refractivity contribution is 0.283. The van der Waals surface area contributed by atoms with Crippen LogP contribution in [-0.4, -0.2) is 14.9 Å². The van der Waals surface area contributed by atoms with Gasteiger partial charge in [-0.25, -0.2) is 0 Å². The molecule has 0 fully saturated rings. The molecule has 0 radical (unpaired) electrons. The minimum absolute atomic E-state index is 0.294. The first-order chi connectivity index (χ1) is 10.2. The molecule has 0 aromatic heterocycles. The van der Waals surface area contributed by atoms with Gasteiger partial charge < -0.3 is 4.43 Å². The van der Waals surface area contributed by atoms with Gasteiger partial charge in [0.1, 0.15) is 0 Å². The van der Waals surface area contributed by atoms with Crippen LogP contribution < -0.4 is 0 Å². The number of aryl methyl sites for hydroxylation is 1. The van der Waals surface area contributed by atoms with Crippen molar-refractivity contribution in [3.05, 3.63) is 47.5 Å². The van der Waals surface area contributed by atoms with Crippen molar-refractivity contribution in [3.63, 3.8) is 0 Å². The second-order valence-electron chi connectivity index (χ2n) is 7.29. The lowest BCUT2D eigenvalue weighted by Crippen LogP contribution is -2.40. The Morgan fingerprint density at radius 2 is 1.77 bits per heavy atom. The van der Waals surface area contributed by atoms with Crippen LogP contribution in [0.15, 0.2) is 36.4 Å². The molecule has 120 valence electrons. The van der Waals surface area contributed by atoms with Crippen LogP contribution in [0.5, 0.6) is 0 Å². The molecule has 0 N–H and O–H groups in total. The van der Waals surface area contributed by atoms with Gasteiger partial charge in [-0.15, -0.1) is 0 Å². The van der Waals surface area contributed by atoms with Crippen molar-refractivity contribution in [2.75, 3.05) is 6.61 Å². The average Bonchev–Trinajstić information content (AvgIpc) is 2.42. The fourth-order valence-electron chi connectivity index (χ4n) is 1.65. The van der Waals surface area contributed by atoms with E-state index < -0.39 is 8.32 Å². The third kappa shape index (κ3) is 6.64. The number of unbranched alkanes of at least 4 members (excludes halogenated alkanes) is 1. The first-order valence-electron chi connectivity index (χ1n) is 8.09. The molecule has 1 nitrogen and oxygen atoms in total. The summed E-state index contributed by atoms with van der Waals surface area (Å²) in [6, 6.07) is 8.30. The van der Waals surface area contributed by atoms with E-state index in [4.69, 9.17) is 4.43 Å². The van der Waals surface area contributed by atoms with Gasteiger partial charge in [-0.05, 0) is 56.1 Å². The molecule has 0 aliphatic carbocycles. The van der Waals surface area contributed by atoms with Gasteiger partial charge in [0.05, 0.1) is 0 Å². The van der Waals surface area contributed by atoms with Crippen molar-refractivity contribution < 1.29 is 4.43 Å². The molecule has 0 bridgehead atoms. The lowest BCUT2D eigenvalue weighted by Gasteiger charge is -2.36. The van der Waals surface area contributed by atoms with E-state index in [-0.39, 0.29) is 0 Å². The SMILES string of the molecule is Cc1ccc(C#C/C=C/CCCO[Si](C)(C)C(C)(C)C)cc1. The van der Waals surface area contributed by atoms with E-state index in [0.717, 1.165) is 25.0 Å². The molecule has 0 amide bonds. The Bertz CT molecular complexity index is 536. The van der Waals surface area contributed by atoms with Gasteiger partial charge >= 0.3 is 0 Å². The highest BCUT2D eigenvalue weighted by Gasteiger charge is 2.36. The molecular weight excluding hydrogens is 284 g/mol. The second-order valence-corrected chi connectivity index (χ2v) is 12.1. The van der Waals surface area contributed by atoms with E-state index in [1.807, 2.05) is 6.08 Å². The number of hydrogen-bond acceptors (Lipinski definition) is 1. The largest absolute Gasteiger partial charge is 0.417 e. The van der Waals surface area contributed by atoms with E-state index in [2.05, 4.69) is 83.0 Å². The Morgan fingerprint density at radius 3 is 2.36 bits per heavy atom. The summed E-state index contributed by atoms with van der Waals surface area (Å²) in [6.45, 7) is 14.4. The minimum Gasteiger partial charge on any atom is -0.417 e. The maximum absolute atomic E-state index is 6.15. The zero-order chi connectivity index (χ0) is 16.6.